The summed E-state index contributed by atoms with van der Waals surface area (Å²) < 4.78 is 52.3. The van der Waals surface area contributed by atoms with Gasteiger partial charge in [-0.15, -0.1) is 0 Å². The van der Waals surface area contributed by atoms with Crippen LogP contribution in [0.1, 0.15) is 12.0 Å². The summed E-state index contributed by atoms with van der Waals surface area (Å²) in [5.74, 6) is -0.120. The van der Waals surface area contributed by atoms with E-state index in [1.807, 2.05) is 0 Å². The molecule has 13 heteroatoms. The van der Waals surface area contributed by atoms with Gasteiger partial charge in [-0.25, -0.2) is 9.78 Å². The lowest BCUT2D eigenvalue weighted by atomic mass is 10.3. The van der Waals surface area contributed by atoms with Crippen LogP contribution in [-0.4, -0.2) is 36.9 Å². The molecule has 0 aliphatic carbocycles. The first-order valence-corrected chi connectivity index (χ1v) is 9.01. The topological polar surface area (TPSA) is 93.2 Å². The minimum Gasteiger partial charge on any atom is -0.476 e. The second kappa shape index (κ2) is 8.01. The van der Waals surface area contributed by atoms with Crippen LogP contribution in [0.15, 0.2) is 21.9 Å². The van der Waals surface area contributed by atoms with Crippen molar-refractivity contribution in [2.45, 2.75) is 12.6 Å². The number of pyridine rings is 1. The Morgan fingerprint density at radius 1 is 1.07 bits per heavy atom. The van der Waals surface area contributed by atoms with Crippen molar-refractivity contribution in [2.75, 3.05) is 13.2 Å². The highest BCUT2D eigenvalue weighted by molar-refractivity contribution is 6.31. The molecule has 0 bridgehead atoms. The maximum Gasteiger partial charge on any atom is 0.417 e. The Labute approximate surface area is 172 Å². The average molecular weight is 448 g/mol. The molecular weight excluding hydrogens is 431 g/mol. The number of imidazole rings is 1. The lowest BCUT2D eigenvalue weighted by Gasteiger charge is -2.10. The molecule has 0 unspecified atom stereocenters. The molecule has 0 N–H and O–H groups in total. The number of ether oxygens (including phenoxy) is 2. The van der Waals surface area contributed by atoms with Gasteiger partial charge in [0, 0.05) is 33.8 Å². The van der Waals surface area contributed by atoms with Gasteiger partial charge >= 0.3 is 11.9 Å². The standard InChI is InChI=1S/C17H17ClF3N5O4/c1-24-11-12(25(2)16(28)26(3)14(11)27)23-15(24)30-6-4-5-29-13-10(18)7-9(8-22-13)17(19,20)21/h7-8H,4-6H2,1-3H3. The molecule has 0 aromatic carbocycles. The summed E-state index contributed by atoms with van der Waals surface area (Å²) in [7, 11) is 4.45. The minimum absolute atomic E-state index is 0.0717. The number of nitrogens with zero attached hydrogens (tertiary/aromatic N) is 5. The third-order valence-electron chi connectivity index (χ3n) is 4.33. The van der Waals surface area contributed by atoms with E-state index >= 15 is 0 Å². The third-order valence-corrected chi connectivity index (χ3v) is 4.60. The van der Waals surface area contributed by atoms with Gasteiger partial charge in [-0.2, -0.15) is 18.2 Å². The molecule has 0 aliphatic heterocycles. The van der Waals surface area contributed by atoms with Crippen LogP contribution in [0.3, 0.4) is 0 Å². The number of aryl methyl sites for hydroxylation is 2. The van der Waals surface area contributed by atoms with Crippen molar-refractivity contribution in [2.24, 2.45) is 21.1 Å². The van der Waals surface area contributed by atoms with Gasteiger partial charge in [0.15, 0.2) is 11.2 Å². The first kappa shape index (κ1) is 21.7. The summed E-state index contributed by atoms with van der Waals surface area (Å²) in [4.78, 5) is 32.1. The highest BCUT2D eigenvalue weighted by Gasteiger charge is 2.31. The fraction of sp³-hybridized carbons (Fsp3) is 0.412. The Morgan fingerprint density at radius 3 is 2.37 bits per heavy atom. The van der Waals surface area contributed by atoms with Crippen LogP contribution in [0.4, 0.5) is 13.2 Å². The Kier molecular flexibility index (Phi) is 5.79. The van der Waals surface area contributed by atoms with Crippen molar-refractivity contribution in [1.82, 2.24) is 23.7 Å². The SMILES string of the molecule is Cn1c(=O)c2c(nc(OCCCOc3ncc(C(F)(F)F)cc3Cl)n2C)n(C)c1=O. The summed E-state index contributed by atoms with van der Waals surface area (Å²) in [6, 6.07) is 0.874. The van der Waals surface area contributed by atoms with E-state index < -0.39 is 23.0 Å². The molecule has 0 saturated heterocycles. The van der Waals surface area contributed by atoms with Crippen LogP contribution in [-0.2, 0) is 27.3 Å². The lowest BCUT2D eigenvalue weighted by Crippen LogP contribution is -2.37. The molecule has 3 heterocycles. The molecule has 3 aromatic rings. The second-order valence-electron chi connectivity index (χ2n) is 6.39. The molecule has 0 aliphatic rings. The van der Waals surface area contributed by atoms with Crippen molar-refractivity contribution in [3.8, 4) is 11.9 Å². The van der Waals surface area contributed by atoms with Crippen molar-refractivity contribution >= 4 is 22.8 Å². The average Bonchev–Trinajstić information content (AvgIpc) is 3.01. The van der Waals surface area contributed by atoms with Crippen molar-refractivity contribution in [3.63, 3.8) is 0 Å². The molecule has 3 aromatic heterocycles. The van der Waals surface area contributed by atoms with E-state index in [1.54, 1.807) is 7.05 Å². The number of hydrogen-bond acceptors (Lipinski definition) is 6. The van der Waals surface area contributed by atoms with Crippen LogP contribution >= 0.6 is 11.6 Å². The maximum atomic E-state index is 12.6. The molecule has 0 fully saturated rings. The Bertz CT molecular complexity index is 1220. The minimum atomic E-state index is -4.54. The van der Waals surface area contributed by atoms with E-state index in [1.165, 1.54) is 23.2 Å². The Balaban J connectivity index is 1.63. The highest BCUT2D eigenvalue weighted by atomic mass is 35.5. The quantitative estimate of drug-likeness (QED) is 0.536. The van der Waals surface area contributed by atoms with Crippen molar-refractivity contribution in [1.29, 1.82) is 0 Å². The highest BCUT2D eigenvalue weighted by Crippen LogP contribution is 2.33. The van der Waals surface area contributed by atoms with Gasteiger partial charge in [0.2, 0.25) is 5.88 Å². The third kappa shape index (κ3) is 3.99. The first-order chi connectivity index (χ1) is 14.0. The lowest BCUT2D eigenvalue weighted by molar-refractivity contribution is -0.137. The van der Waals surface area contributed by atoms with Crippen LogP contribution in [0, 0.1) is 0 Å². The number of aromatic nitrogens is 5. The Hall–Kier alpha value is -3.02. The predicted octanol–water partition coefficient (Wildman–Crippen LogP) is 1.89. The molecule has 0 radical (unpaired) electrons. The smallest absolute Gasteiger partial charge is 0.417 e. The Morgan fingerprint density at radius 2 is 1.73 bits per heavy atom. The molecule has 9 nitrogen and oxygen atoms in total. The van der Waals surface area contributed by atoms with E-state index in [4.69, 9.17) is 21.1 Å². The van der Waals surface area contributed by atoms with Gasteiger partial charge in [0.25, 0.3) is 11.6 Å². The molecule has 0 amide bonds. The fourth-order valence-corrected chi connectivity index (χ4v) is 2.93. The van der Waals surface area contributed by atoms with Crippen LogP contribution in [0.25, 0.3) is 11.2 Å². The normalized spacial score (nSPS) is 11.8. The zero-order chi connectivity index (χ0) is 22.2. The number of hydrogen-bond donors (Lipinski definition) is 0. The summed E-state index contributed by atoms with van der Waals surface area (Å²) in [6.07, 6.45) is -3.57. The van der Waals surface area contributed by atoms with Crippen molar-refractivity contribution < 1.29 is 22.6 Å². The van der Waals surface area contributed by atoms with Crippen LogP contribution < -0.4 is 20.7 Å². The molecule has 3 rings (SSSR count). The van der Waals surface area contributed by atoms with Crippen molar-refractivity contribution in [3.05, 3.63) is 43.7 Å². The van der Waals surface area contributed by atoms with Gasteiger partial charge in [-0.1, -0.05) is 11.6 Å². The van der Waals surface area contributed by atoms with Gasteiger partial charge in [0.05, 0.1) is 18.8 Å². The number of halogens is 4. The predicted molar refractivity (Wildman–Crippen MR) is 101 cm³/mol. The van der Waals surface area contributed by atoms with Crippen LogP contribution in [0.5, 0.6) is 11.9 Å². The van der Waals surface area contributed by atoms with E-state index in [0.29, 0.717) is 12.6 Å². The molecular formula is C17H17ClF3N5O4. The van der Waals surface area contributed by atoms with E-state index in [0.717, 1.165) is 10.6 Å². The van der Waals surface area contributed by atoms with Gasteiger partial charge in [0.1, 0.15) is 5.02 Å². The number of fused-ring (bicyclic) bond motifs is 1. The summed E-state index contributed by atoms with van der Waals surface area (Å²) in [5.41, 5.74) is -1.56. The summed E-state index contributed by atoms with van der Waals surface area (Å²) >= 11 is 5.77. The van der Waals surface area contributed by atoms with Gasteiger partial charge in [-0.05, 0) is 6.07 Å². The summed E-state index contributed by atoms with van der Waals surface area (Å²) in [6.45, 7) is 0.200. The van der Waals surface area contributed by atoms with E-state index in [9.17, 15) is 22.8 Å². The molecule has 0 atom stereocenters. The van der Waals surface area contributed by atoms with Crippen LogP contribution in [0.2, 0.25) is 5.02 Å². The number of rotatable bonds is 6. The fourth-order valence-electron chi connectivity index (χ4n) is 2.71. The molecule has 30 heavy (non-hydrogen) atoms. The van der Waals surface area contributed by atoms with Gasteiger partial charge < -0.3 is 9.47 Å². The van der Waals surface area contributed by atoms with E-state index in [-0.39, 0.29) is 41.3 Å². The summed E-state index contributed by atoms with van der Waals surface area (Å²) in [5, 5.41) is -0.252. The molecule has 0 saturated carbocycles. The molecule has 162 valence electrons. The van der Waals surface area contributed by atoms with E-state index in [2.05, 4.69) is 9.97 Å². The second-order valence-corrected chi connectivity index (χ2v) is 6.80. The largest absolute Gasteiger partial charge is 0.476 e. The van der Waals surface area contributed by atoms with Gasteiger partial charge in [-0.3, -0.25) is 18.5 Å². The maximum absolute atomic E-state index is 12.6. The first-order valence-electron chi connectivity index (χ1n) is 8.63. The zero-order valence-corrected chi connectivity index (χ0v) is 16.9. The zero-order valence-electron chi connectivity index (χ0n) is 16.2. The monoisotopic (exact) mass is 447 g/mol. The number of alkyl halides is 3. The molecule has 0 spiro atoms.